The van der Waals surface area contributed by atoms with Crippen LogP contribution in [0.1, 0.15) is 18.0 Å². The van der Waals surface area contributed by atoms with Crippen LogP contribution < -0.4 is 5.32 Å². The average Bonchev–Trinajstić information content (AvgIpc) is 3.28. The van der Waals surface area contributed by atoms with Crippen LogP contribution in [-0.2, 0) is 9.59 Å². The SMILES string of the molecule is CN1C(=O)CC(C(=O)Nc2cc(-c3ccncc3)[nH]n2)C1c1ccc(F)cc1. The largest absolute Gasteiger partial charge is 0.338 e. The Morgan fingerprint density at radius 1 is 1.21 bits per heavy atom. The predicted molar refractivity (Wildman–Crippen MR) is 100 cm³/mol. The number of benzene rings is 1. The van der Waals surface area contributed by atoms with Gasteiger partial charge in [-0.2, -0.15) is 5.10 Å². The van der Waals surface area contributed by atoms with Crippen LogP contribution in [-0.4, -0.2) is 38.9 Å². The first-order chi connectivity index (χ1) is 13.5. The van der Waals surface area contributed by atoms with E-state index < -0.39 is 12.0 Å². The van der Waals surface area contributed by atoms with Crippen LogP contribution in [0.5, 0.6) is 0 Å². The molecule has 0 saturated carbocycles. The molecule has 142 valence electrons. The van der Waals surface area contributed by atoms with Crippen LogP contribution >= 0.6 is 0 Å². The highest BCUT2D eigenvalue weighted by Crippen LogP contribution is 2.37. The molecule has 8 heteroatoms. The van der Waals surface area contributed by atoms with E-state index in [9.17, 15) is 14.0 Å². The lowest BCUT2D eigenvalue weighted by Gasteiger charge is -2.24. The highest BCUT2D eigenvalue weighted by atomic mass is 19.1. The van der Waals surface area contributed by atoms with Gasteiger partial charge in [0.25, 0.3) is 0 Å². The third kappa shape index (κ3) is 3.36. The summed E-state index contributed by atoms with van der Waals surface area (Å²) in [5.41, 5.74) is 2.35. The third-order valence-electron chi connectivity index (χ3n) is 4.96. The van der Waals surface area contributed by atoms with Gasteiger partial charge in [-0.1, -0.05) is 12.1 Å². The van der Waals surface area contributed by atoms with Gasteiger partial charge in [0.2, 0.25) is 11.8 Å². The topological polar surface area (TPSA) is 91.0 Å². The minimum Gasteiger partial charge on any atom is -0.338 e. The second-order valence-electron chi connectivity index (χ2n) is 6.70. The molecule has 7 nitrogen and oxygen atoms in total. The number of nitrogens with one attached hydrogen (secondary N) is 2. The van der Waals surface area contributed by atoms with Crippen LogP contribution in [0.3, 0.4) is 0 Å². The summed E-state index contributed by atoms with van der Waals surface area (Å²) in [6.45, 7) is 0. The molecule has 2 aromatic heterocycles. The molecule has 0 bridgehead atoms. The smallest absolute Gasteiger partial charge is 0.231 e. The monoisotopic (exact) mass is 379 g/mol. The summed E-state index contributed by atoms with van der Waals surface area (Å²) in [4.78, 5) is 30.6. The van der Waals surface area contributed by atoms with Crippen molar-refractivity contribution in [1.29, 1.82) is 0 Å². The van der Waals surface area contributed by atoms with Gasteiger partial charge in [-0.3, -0.25) is 19.7 Å². The number of carbonyl (C=O) groups excluding carboxylic acids is 2. The number of aromatic nitrogens is 3. The summed E-state index contributed by atoms with van der Waals surface area (Å²) >= 11 is 0. The second kappa shape index (κ2) is 7.22. The number of pyridine rings is 1. The van der Waals surface area contributed by atoms with Crippen molar-refractivity contribution in [3.8, 4) is 11.3 Å². The highest BCUT2D eigenvalue weighted by Gasteiger charge is 2.42. The van der Waals surface area contributed by atoms with Crippen LogP contribution in [0.15, 0.2) is 54.9 Å². The van der Waals surface area contributed by atoms with Crippen molar-refractivity contribution in [1.82, 2.24) is 20.1 Å². The fourth-order valence-electron chi connectivity index (χ4n) is 3.50. The number of amides is 2. The van der Waals surface area contributed by atoms with Crippen molar-refractivity contribution in [3.05, 3.63) is 66.2 Å². The van der Waals surface area contributed by atoms with Crippen LogP contribution in [0, 0.1) is 11.7 Å². The lowest BCUT2D eigenvalue weighted by atomic mass is 9.93. The number of carbonyl (C=O) groups is 2. The zero-order valence-electron chi connectivity index (χ0n) is 15.1. The van der Waals surface area contributed by atoms with E-state index in [0.717, 1.165) is 16.8 Å². The molecule has 1 aromatic carbocycles. The first-order valence-electron chi connectivity index (χ1n) is 8.81. The Bertz CT molecular complexity index is 1000. The van der Waals surface area contributed by atoms with Gasteiger partial charge < -0.3 is 10.2 Å². The van der Waals surface area contributed by atoms with Crippen molar-refractivity contribution < 1.29 is 14.0 Å². The highest BCUT2D eigenvalue weighted by molar-refractivity contribution is 5.97. The van der Waals surface area contributed by atoms with Gasteiger partial charge in [0, 0.05) is 37.5 Å². The van der Waals surface area contributed by atoms with E-state index in [4.69, 9.17) is 0 Å². The summed E-state index contributed by atoms with van der Waals surface area (Å²) in [6.07, 6.45) is 3.43. The van der Waals surface area contributed by atoms with E-state index in [0.29, 0.717) is 5.82 Å². The summed E-state index contributed by atoms with van der Waals surface area (Å²) in [5, 5.41) is 9.78. The number of hydrogen-bond donors (Lipinski definition) is 2. The summed E-state index contributed by atoms with van der Waals surface area (Å²) < 4.78 is 13.3. The minimum absolute atomic E-state index is 0.0893. The fourth-order valence-corrected chi connectivity index (χ4v) is 3.50. The molecule has 2 atom stereocenters. The molecule has 4 rings (SSSR count). The Hall–Kier alpha value is -3.55. The number of halogens is 1. The van der Waals surface area contributed by atoms with Crippen LogP contribution in [0.25, 0.3) is 11.3 Å². The predicted octanol–water partition coefficient (Wildman–Crippen LogP) is 2.77. The number of hydrogen-bond acceptors (Lipinski definition) is 4. The lowest BCUT2D eigenvalue weighted by Crippen LogP contribution is -2.30. The Morgan fingerprint density at radius 2 is 1.93 bits per heavy atom. The normalized spacial score (nSPS) is 19.1. The first-order valence-corrected chi connectivity index (χ1v) is 8.81. The van der Waals surface area contributed by atoms with Gasteiger partial charge in [-0.15, -0.1) is 0 Å². The zero-order valence-corrected chi connectivity index (χ0v) is 15.1. The zero-order chi connectivity index (χ0) is 19.7. The van der Waals surface area contributed by atoms with Gasteiger partial charge in [-0.25, -0.2) is 4.39 Å². The Balaban J connectivity index is 1.54. The van der Waals surface area contributed by atoms with E-state index >= 15 is 0 Å². The third-order valence-corrected chi connectivity index (χ3v) is 4.96. The number of H-pyrrole nitrogens is 1. The van der Waals surface area contributed by atoms with Gasteiger partial charge in [-0.05, 0) is 29.8 Å². The molecule has 1 saturated heterocycles. The molecule has 0 spiro atoms. The number of aromatic amines is 1. The maximum absolute atomic E-state index is 13.3. The van der Waals surface area contributed by atoms with Crippen molar-refractivity contribution in [3.63, 3.8) is 0 Å². The molecule has 0 aliphatic carbocycles. The van der Waals surface area contributed by atoms with E-state index in [1.165, 1.54) is 17.0 Å². The van der Waals surface area contributed by atoms with Crippen LogP contribution in [0.2, 0.25) is 0 Å². The molecule has 3 aromatic rings. The molecule has 1 aliphatic heterocycles. The summed E-state index contributed by atoms with van der Waals surface area (Å²) in [5.74, 6) is -1.02. The maximum Gasteiger partial charge on any atom is 0.231 e. The second-order valence-corrected chi connectivity index (χ2v) is 6.70. The van der Waals surface area contributed by atoms with Gasteiger partial charge in [0.05, 0.1) is 17.7 Å². The van der Waals surface area contributed by atoms with Crippen molar-refractivity contribution in [2.24, 2.45) is 5.92 Å². The van der Waals surface area contributed by atoms with Crippen LogP contribution in [0.4, 0.5) is 10.2 Å². The quantitative estimate of drug-likeness (QED) is 0.729. The Morgan fingerprint density at radius 3 is 2.64 bits per heavy atom. The molecular weight excluding hydrogens is 361 g/mol. The molecule has 3 heterocycles. The first kappa shape index (κ1) is 17.8. The van der Waals surface area contributed by atoms with Crippen molar-refractivity contribution >= 4 is 17.6 Å². The summed E-state index contributed by atoms with van der Waals surface area (Å²) in [7, 11) is 1.65. The standard InChI is InChI=1S/C20H18FN5O2/c1-26-18(27)10-15(19(26)13-2-4-14(21)5-3-13)20(28)23-17-11-16(24-25-17)12-6-8-22-9-7-12/h2-9,11,15,19H,10H2,1H3,(H2,23,24,25,28). The van der Waals surface area contributed by atoms with Crippen molar-refractivity contribution in [2.45, 2.75) is 12.5 Å². The van der Waals surface area contributed by atoms with E-state index in [2.05, 4.69) is 20.5 Å². The van der Waals surface area contributed by atoms with E-state index in [-0.39, 0.29) is 24.1 Å². The molecule has 28 heavy (non-hydrogen) atoms. The molecule has 1 fully saturated rings. The lowest BCUT2D eigenvalue weighted by molar-refractivity contribution is -0.127. The number of anilines is 1. The van der Waals surface area contributed by atoms with Gasteiger partial charge >= 0.3 is 0 Å². The molecular formula is C20H18FN5O2. The number of rotatable bonds is 4. The number of likely N-dealkylation sites (tertiary alicyclic amines) is 1. The number of nitrogens with zero attached hydrogens (tertiary/aromatic N) is 3. The average molecular weight is 379 g/mol. The maximum atomic E-state index is 13.3. The van der Waals surface area contributed by atoms with Crippen molar-refractivity contribution in [2.75, 3.05) is 12.4 Å². The molecule has 2 N–H and O–H groups in total. The molecule has 2 amide bonds. The minimum atomic E-state index is -0.593. The molecule has 0 radical (unpaired) electrons. The van der Waals surface area contributed by atoms with E-state index in [1.54, 1.807) is 37.6 Å². The fraction of sp³-hybridized carbons (Fsp3) is 0.200. The van der Waals surface area contributed by atoms with Gasteiger partial charge in [0.1, 0.15) is 5.82 Å². The molecule has 1 aliphatic rings. The van der Waals surface area contributed by atoms with Gasteiger partial charge in [0.15, 0.2) is 5.82 Å². The Kier molecular flexibility index (Phi) is 4.60. The molecule has 2 unspecified atom stereocenters. The summed E-state index contributed by atoms with van der Waals surface area (Å²) in [6, 6.07) is 10.8. The Labute approximate surface area is 160 Å². The van der Waals surface area contributed by atoms with E-state index in [1.807, 2.05) is 12.1 Å².